The Morgan fingerprint density at radius 3 is 2.71 bits per heavy atom. The minimum atomic E-state index is -0.295. The summed E-state index contributed by atoms with van der Waals surface area (Å²) in [7, 11) is 1.91. The minimum absolute atomic E-state index is 0.295. The fraction of sp³-hybridized carbons (Fsp3) is 0.455. The van der Waals surface area contributed by atoms with Gasteiger partial charge in [0.05, 0.1) is 6.10 Å². The summed E-state index contributed by atoms with van der Waals surface area (Å²) in [5, 5.41) is 15.4. The van der Waals surface area contributed by atoms with Gasteiger partial charge in [0.2, 0.25) is 0 Å². The quantitative estimate of drug-likeness (QED) is 0.660. The number of anilines is 1. The normalized spacial score (nSPS) is 12.5. The smallest absolute Gasteiger partial charge is 0.0636 e. The maximum absolute atomic E-state index is 9.08. The number of aliphatic hydroxyl groups is 1. The maximum atomic E-state index is 9.08. The summed E-state index contributed by atoms with van der Waals surface area (Å²) in [5.74, 6) is 0. The molecule has 3 nitrogen and oxygen atoms in total. The number of aliphatic hydroxyl groups excluding tert-OH is 1. The van der Waals surface area contributed by atoms with Crippen LogP contribution in [0.1, 0.15) is 12.5 Å². The van der Waals surface area contributed by atoms with Crippen molar-refractivity contribution in [3.8, 4) is 0 Å². The predicted octanol–water partition coefficient (Wildman–Crippen LogP) is 1.20. The zero-order chi connectivity index (χ0) is 10.4. The van der Waals surface area contributed by atoms with Gasteiger partial charge in [-0.15, -0.1) is 0 Å². The molecule has 3 N–H and O–H groups in total. The molecule has 78 valence electrons. The molecule has 0 aromatic heterocycles. The number of benzene rings is 1. The Hall–Kier alpha value is -1.06. The zero-order valence-corrected chi connectivity index (χ0v) is 8.75. The summed E-state index contributed by atoms with van der Waals surface area (Å²) in [6, 6.07) is 8.13. The lowest BCUT2D eigenvalue weighted by molar-refractivity contribution is 0.191. The molecule has 0 saturated heterocycles. The summed E-state index contributed by atoms with van der Waals surface area (Å²) < 4.78 is 0. The molecule has 0 aliphatic heterocycles. The van der Waals surface area contributed by atoms with Crippen LogP contribution in [0.5, 0.6) is 0 Å². The molecule has 0 heterocycles. The highest BCUT2D eigenvalue weighted by atomic mass is 16.3. The molecular formula is C11H18N2O. The molecule has 0 bridgehead atoms. The number of hydrogen-bond donors (Lipinski definition) is 3. The molecular weight excluding hydrogens is 176 g/mol. The van der Waals surface area contributed by atoms with Gasteiger partial charge in [-0.05, 0) is 18.6 Å². The largest absolute Gasteiger partial charge is 0.392 e. The van der Waals surface area contributed by atoms with E-state index in [0.29, 0.717) is 6.54 Å². The summed E-state index contributed by atoms with van der Waals surface area (Å²) in [6.45, 7) is 3.18. The lowest BCUT2D eigenvalue weighted by atomic mass is 10.2. The second-order valence-corrected chi connectivity index (χ2v) is 3.39. The predicted molar refractivity (Wildman–Crippen MR) is 59.4 cm³/mol. The second-order valence-electron chi connectivity index (χ2n) is 3.39. The average molecular weight is 194 g/mol. The van der Waals surface area contributed by atoms with Crippen LogP contribution in [0.2, 0.25) is 0 Å². The van der Waals surface area contributed by atoms with Gasteiger partial charge in [-0.1, -0.05) is 18.2 Å². The Morgan fingerprint density at radius 1 is 1.36 bits per heavy atom. The van der Waals surface area contributed by atoms with Crippen LogP contribution in [0.15, 0.2) is 24.3 Å². The third-order valence-corrected chi connectivity index (χ3v) is 2.04. The van der Waals surface area contributed by atoms with E-state index < -0.39 is 0 Å². The van der Waals surface area contributed by atoms with Gasteiger partial charge in [-0.3, -0.25) is 0 Å². The summed E-state index contributed by atoms with van der Waals surface area (Å²) in [6.07, 6.45) is -0.295. The fourth-order valence-electron chi connectivity index (χ4n) is 1.33. The van der Waals surface area contributed by atoms with Crippen LogP contribution < -0.4 is 10.6 Å². The van der Waals surface area contributed by atoms with E-state index in [2.05, 4.69) is 16.7 Å². The van der Waals surface area contributed by atoms with Crippen LogP contribution in [0.25, 0.3) is 0 Å². The molecule has 0 aliphatic rings. The lowest BCUT2D eigenvalue weighted by Crippen LogP contribution is -2.24. The molecule has 0 radical (unpaired) electrons. The molecule has 1 aromatic carbocycles. The first kappa shape index (κ1) is 11.0. The van der Waals surface area contributed by atoms with Crippen molar-refractivity contribution in [2.45, 2.75) is 19.6 Å². The molecule has 1 atom stereocenters. The van der Waals surface area contributed by atoms with E-state index >= 15 is 0 Å². The van der Waals surface area contributed by atoms with E-state index in [1.807, 2.05) is 25.2 Å². The lowest BCUT2D eigenvalue weighted by Gasteiger charge is -2.10. The van der Waals surface area contributed by atoms with E-state index in [4.69, 9.17) is 5.11 Å². The van der Waals surface area contributed by atoms with E-state index in [1.165, 1.54) is 5.56 Å². The number of hydrogen-bond acceptors (Lipinski definition) is 3. The molecule has 0 spiro atoms. The van der Waals surface area contributed by atoms with Crippen LogP contribution in [0, 0.1) is 0 Å². The van der Waals surface area contributed by atoms with Crippen LogP contribution in [0.3, 0.4) is 0 Å². The van der Waals surface area contributed by atoms with Crippen molar-refractivity contribution >= 4 is 5.69 Å². The molecule has 1 unspecified atom stereocenters. The van der Waals surface area contributed by atoms with Gasteiger partial charge in [0.1, 0.15) is 0 Å². The first-order chi connectivity index (χ1) is 6.74. The third-order valence-electron chi connectivity index (χ3n) is 2.04. The minimum Gasteiger partial charge on any atom is -0.392 e. The van der Waals surface area contributed by atoms with Crippen LogP contribution in [0.4, 0.5) is 5.69 Å². The Labute approximate surface area is 85.2 Å². The Kier molecular flexibility index (Phi) is 4.43. The number of para-hydroxylation sites is 1. The van der Waals surface area contributed by atoms with Gasteiger partial charge in [0, 0.05) is 25.8 Å². The van der Waals surface area contributed by atoms with Gasteiger partial charge >= 0.3 is 0 Å². The van der Waals surface area contributed by atoms with Gasteiger partial charge in [0.25, 0.3) is 0 Å². The molecule has 0 saturated carbocycles. The number of rotatable bonds is 5. The molecule has 1 aromatic rings. The van der Waals surface area contributed by atoms with Gasteiger partial charge in [-0.2, -0.15) is 0 Å². The SMILES string of the molecule is CNc1ccccc1CNCC(C)O. The van der Waals surface area contributed by atoms with Crippen molar-refractivity contribution in [3.05, 3.63) is 29.8 Å². The van der Waals surface area contributed by atoms with Gasteiger partial charge in [0.15, 0.2) is 0 Å². The highest BCUT2D eigenvalue weighted by Crippen LogP contribution is 2.13. The zero-order valence-electron chi connectivity index (χ0n) is 8.75. The van der Waals surface area contributed by atoms with Crippen LogP contribution in [-0.4, -0.2) is 24.8 Å². The first-order valence-corrected chi connectivity index (χ1v) is 4.88. The highest BCUT2D eigenvalue weighted by Gasteiger charge is 1.99. The molecule has 14 heavy (non-hydrogen) atoms. The van der Waals surface area contributed by atoms with Crippen molar-refractivity contribution in [2.24, 2.45) is 0 Å². The van der Waals surface area contributed by atoms with Crippen molar-refractivity contribution in [1.82, 2.24) is 5.32 Å². The van der Waals surface area contributed by atoms with Crippen LogP contribution >= 0.6 is 0 Å². The Balaban J connectivity index is 2.49. The Bertz CT molecular complexity index is 274. The molecule has 1 rings (SSSR count). The van der Waals surface area contributed by atoms with E-state index in [0.717, 1.165) is 12.2 Å². The van der Waals surface area contributed by atoms with Crippen LogP contribution in [-0.2, 0) is 6.54 Å². The fourth-order valence-corrected chi connectivity index (χ4v) is 1.33. The summed E-state index contributed by atoms with van der Waals surface area (Å²) in [5.41, 5.74) is 2.35. The standard InChI is InChI=1S/C11H18N2O/c1-9(14)7-13-8-10-5-3-4-6-11(10)12-2/h3-6,9,12-14H,7-8H2,1-2H3. The van der Waals surface area contributed by atoms with Crippen molar-refractivity contribution < 1.29 is 5.11 Å². The topological polar surface area (TPSA) is 44.3 Å². The summed E-state index contributed by atoms with van der Waals surface area (Å²) in [4.78, 5) is 0. The number of nitrogens with one attached hydrogen (secondary N) is 2. The van der Waals surface area contributed by atoms with E-state index in [1.54, 1.807) is 6.92 Å². The molecule has 0 aliphatic carbocycles. The van der Waals surface area contributed by atoms with E-state index in [9.17, 15) is 0 Å². The van der Waals surface area contributed by atoms with Crippen molar-refractivity contribution in [2.75, 3.05) is 18.9 Å². The van der Waals surface area contributed by atoms with Gasteiger partial charge in [-0.25, -0.2) is 0 Å². The summed E-state index contributed by atoms with van der Waals surface area (Å²) >= 11 is 0. The van der Waals surface area contributed by atoms with Crippen molar-refractivity contribution in [1.29, 1.82) is 0 Å². The third kappa shape index (κ3) is 3.36. The second kappa shape index (κ2) is 5.62. The first-order valence-electron chi connectivity index (χ1n) is 4.88. The highest BCUT2D eigenvalue weighted by molar-refractivity contribution is 5.50. The molecule has 0 fully saturated rings. The van der Waals surface area contributed by atoms with E-state index in [-0.39, 0.29) is 6.10 Å². The van der Waals surface area contributed by atoms with Gasteiger partial charge < -0.3 is 15.7 Å². The molecule has 0 amide bonds. The maximum Gasteiger partial charge on any atom is 0.0636 e. The van der Waals surface area contributed by atoms with Crippen molar-refractivity contribution in [3.63, 3.8) is 0 Å². The Morgan fingerprint density at radius 2 is 2.07 bits per heavy atom. The molecule has 3 heteroatoms. The average Bonchev–Trinajstić information content (AvgIpc) is 2.18. The monoisotopic (exact) mass is 194 g/mol.